The predicted octanol–water partition coefficient (Wildman–Crippen LogP) is 1.33. The smallest absolute Gasteiger partial charge is 0.281 e. The molecule has 21 heavy (non-hydrogen) atoms. The molecule has 0 amide bonds. The molecule has 0 saturated heterocycles. The van der Waals surface area contributed by atoms with E-state index in [1.54, 1.807) is 32.3 Å². The largest absolute Gasteiger partial charge is 0.313 e. The molecule has 0 radical (unpaired) electrons. The minimum atomic E-state index is -3.74. The third-order valence-electron chi connectivity index (χ3n) is 3.11. The first-order chi connectivity index (χ1) is 9.95. The maximum absolute atomic E-state index is 12.5. The zero-order chi connectivity index (χ0) is 15.5. The molecule has 114 valence electrons. The van der Waals surface area contributed by atoms with Crippen LogP contribution in [0.5, 0.6) is 0 Å². The summed E-state index contributed by atoms with van der Waals surface area (Å²) < 4.78 is 27.6. The van der Waals surface area contributed by atoms with Crippen LogP contribution in [-0.4, -0.2) is 30.1 Å². The zero-order valence-electron chi connectivity index (χ0n) is 12.3. The van der Waals surface area contributed by atoms with E-state index in [4.69, 9.17) is 0 Å². The van der Waals surface area contributed by atoms with Gasteiger partial charge in [0, 0.05) is 30.2 Å². The van der Waals surface area contributed by atoms with E-state index in [1.165, 1.54) is 0 Å². The normalized spacial score (nSPS) is 11.6. The molecule has 0 aromatic carbocycles. The Morgan fingerprint density at radius 2 is 2.10 bits per heavy atom. The average Bonchev–Trinajstić information content (AvgIpc) is 2.81. The highest BCUT2D eigenvalue weighted by Gasteiger charge is 2.24. The van der Waals surface area contributed by atoms with Crippen LogP contribution < -0.4 is 10.0 Å². The monoisotopic (exact) mass is 309 g/mol. The highest BCUT2D eigenvalue weighted by Crippen LogP contribution is 2.21. The summed E-state index contributed by atoms with van der Waals surface area (Å²) in [5, 5.41) is 9.81. The van der Waals surface area contributed by atoms with Crippen molar-refractivity contribution in [3.8, 4) is 0 Å². The predicted molar refractivity (Wildman–Crippen MR) is 80.5 cm³/mol. The van der Waals surface area contributed by atoms with Crippen molar-refractivity contribution in [2.75, 3.05) is 11.3 Å². The molecular formula is C13H19N5O2S. The Balaban J connectivity index is 2.34. The van der Waals surface area contributed by atoms with Crippen molar-refractivity contribution in [2.24, 2.45) is 0 Å². The van der Waals surface area contributed by atoms with Crippen molar-refractivity contribution < 1.29 is 8.42 Å². The number of sulfonamides is 1. The van der Waals surface area contributed by atoms with Crippen LogP contribution in [0.4, 0.5) is 5.69 Å². The van der Waals surface area contributed by atoms with Gasteiger partial charge >= 0.3 is 0 Å². The molecule has 0 aliphatic carbocycles. The molecule has 0 saturated carbocycles. The van der Waals surface area contributed by atoms with Gasteiger partial charge in [0.15, 0.2) is 0 Å². The van der Waals surface area contributed by atoms with E-state index in [2.05, 4.69) is 25.2 Å². The van der Waals surface area contributed by atoms with E-state index in [1.807, 2.05) is 6.92 Å². The first kappa shape index (κ1) is 15.5. The minimum absolute atomic E-state index is 0.0252. The van der Waals surface area contributed by atoms with Crippen molar-refractivity contribution >= 4 is 15.7 Å². The Hall–Kier alpha value is -1.93. The quantitative estimate of drug-likeness (QED) is 0.747. The molecule has 0 bridgehead atoms. The molecule has 2 heterocycles. The number of pyridine rings is 1. The number of aryl methyl sites for hydroxylation is 2. The topological polar surface area (TPSA) is 99.8 Å². The van der Waals surface area contributed by atoms with Crippen LogP contribution in [0.15, 0.2) is 23.5 Å². The Morgan fingerprint density at radius 1 is 1.33 bits per heavy atom. The lowest BCUT2D eigenvalue weighted by molar-refractivity contribution is 0.594. The second-order valence-corrected chi connectivity index (χ2v) is 6.31. The third-order valence-corrected chi connectivity index (χ3v) is 4.44. The molecular weight excluding hydrogens is 290 g/mol. The number of nitrogens with zero attached hydrogens (tertiary/aromatic N) is 2. The molecule has 0 aliphatic heterocycles. The maximum Gasteiger partial charge on any atom is 0.281 e. The van der Waals surface area contributed by atoms with E-state index >= 15 is 0 Å². The number of aromatic nitrogens is 3. The van der Waals surface area contributed by atoms with Gasteiger partial charge < -0.3 is 5.32 Å². The summed E-state index contributed by atoms with van der Waals surface area (Å²) in [5.74, 6) is 0. The van der Waals surface area contributed by atoms with Crippen molar-refractivity contribution in [3.05, 3.63) is 35.3 Å². The number of hydrogen-bond donors (Lipinski definition) is 3. The summed E-state index contributed by atoms with van der Waals surface area (Å²) in [4.78, 5) is 3.94. The number of anilines is 1. The summed E-state index contributed by atoms with van der Waals surface area (Å²) in [6.07, 6.45) is 3.15. The van der Waals surface area contributed by atoms with Crippen molar-refractivity contribution in [3.63, 3.8) is 0 Å². The fraction of sp³-hybridized carbons (Fsp3) is 0.385. The Bertz CT molecular complexity index is 724. The van der Waals surface area contributed by atoms with Crippen LogP contribution in [0.3, 0.4) is 0 Å². The Kier molecular flexibility index (Phi) is 4.59. The fourth-order valence-electron chi connectivity index (χ4n) is 1.89. The van der Waals surface area contributed by atoms with E-state index in [9.17, 15) is 8.42 Å². The second-order valence-electron chi connectivity index (χ2n) is 4.71. The van der Waals surface area contributed by atoms with Crippen molar-refractivity contribution in [1.29, 1.82) is 0 Å². The molecule has 7 nitrogen and oxygen atoms in total. The van der Waals surface area contributed by atoms with Gasteiger partial charge in [0.25, 0.3) is 10.0 Å². The molecule has 2 rings (SSSR count). The van der Waals surface area contributed by atoms with Crippen LogP contribution in [0.25, 0.3) is 0 Å². The van der Waals surface area contributed by atoms with Crippen molar-refractivity contribution in [2.45, 2.75) is 32.3 Å². The first-order valence-electron chi connectivity index (χ1n) is 6.63. The van der Waals surface area contributed by atoms with E-state index in [-0.39, 0.29) is 5.03 Å². The summed E-state index contributed by atoms with van der Waals surface area (Å²) in [7, 11) is -3.74. The number of rotatable bonds is 6. The van der Waals surface area contributed by atoms with Gasteiger partial charge in [-0.1, -0.05) is 6.92 Å². The highest BCUT2D eigenvalue weighted by atomic mass is 32.2. The lowest BCUT2D eigenvalue weighted by atomic mass is 10.2. The van der Waals surface area contributed by atoms with Crippen LogP contribution in [0, 0.1) is 13.8 Å². The lowest BCUT2D eigenvalue weighted by Gasteiger charge is -2.10. The number of aromatic amines is 1. The van der Waals surface area contributed by atoms with Crippen LogP contribution in [0.2, 0.25) is 0 Å². The van der Waals surface area contributed by atoms with E-state index in [0.717, 1.165) is 17.8 Å². The minimum Gasteiger partial charge on any atom is -0.313 e. The standard InChI is InChI=1S/C13H19N5O2S/c1-4-14-8-11-10(3)16-17-13(11)21(19,20)18-12-5-6-15-7-9(12)2/h5-7,14H,4,8H2,1-3H3,(H,15,18)(H,16,17). The Labute approximate surface area is 124 Å². The zero-order valence-corrected chi connectivity index (χ0v) is 13.1. The Morgan fingerprint density at radius 3 is 2.76 bits per heavy atom. The average molecular weight is 309 g/mol. The van der Waals surface area contributed by atoms with Gasteiger partial charge in [0.05, 0.1) is 5.69 Å². The lowest BCUT2D eigenvalue weighted by Crippen LogP contribution is -2.19. The number of H-pyrrole nitrogens is 1. The summed E-state index contributed by atoms with van der Waals surface area (Å²) in [6, 6.07) is 1.62. The first-order valence-corrected chi connectivity index (χ1v) is 8.12. The molecule has 0 aliphatic rings. The molecule has 2 aromatic rings. The summed E-state index contributed by atoms with van der Waals surface area (Å²) in [5.41, 5.74) is 2.64. The van der Waals surface area contributed by atoms with Crippen LogP contribution >= 0.6 is 0 Å². The molecule has 0 fully saturated rings. The van der Waals surface area contributed by atoms with Gasteiger partial charge in [0.2, 0.25) is 5.03 Å². The number of hydrogen-bond acceptors (Lipinski definition) is 5. The molecule has 3 N–H and O–H groups in total. The van der Waals surface area contributed by atoms with Crippen LogP contribution in [0.1, 0.15) is 23.7 Å². The highest BCUT2D eigenvalue weighted by molar-refractivity contribution is 7.92. The van der Waals surface area contributed by atoms with E-state index in [0.29, 0.717) is 17.8 Å². The van der Waals surface area contributed by atoms with E-state index < -0.39 is 10.0 Å². The fourth-order valence-corrected chi connectivity index (χ4v) is 3.22. The molecule has 8 heteroatoms. The second kappa shape index (κ2) is 6.23. The SMILES string of the molecule is CCNCc1c(S(=O)(=O)Nc2ccncc2C)n[nH]c1C. The van der Waals surface area contributed by atoms with Gasteiger partial charge in [-0.25, -0.2) is 0 Å². The third kappa shape index (κ3) is 3.40. The molecule has 0 atom stereocenters. The summed E-state index contributed by atoms with van der Waals surface area (Å²) >= 11 is 0. The maximum atomic E-state index is 12.5. The number of nitrogens with one attached hydrogen (secondary N) is 3. The van der Waals surface area contributed by atoms with Gasteiger partial charge in [-0.2, -0.15) is 13.5 Å². The summed E-state index contributed by atoms with van der Waals surface area (Å²) in [6.45, 7) is 6.75. The van der Waals surface area contributed by atoms with Crippen LogP contribution in [-0.2, 0) is 16.6 Å². The molecule has 2 aromatic heterocycles. The van der Waals surface area contributed by atoms with Gasteiger partial charge in [-0.15, -0.1) is 0 Å². The molecule has 0 unspecified atom stereocenters. The van der Waals surface area contributed by atoms with Crippen molar-refractivity contribution in [1.82, 2.24) is 20.5 Å². The van der Waals surface area contributed by atoms with Gasteiger partial charge in [-0.3, -0.25) is 14.8 Å². The van der Waals surface area contributed by atoms with Gasteiger partial charge in [0.1, 0.15) is 0 Å². The van der Waals surface area contributed by atoms with Gasteiger partial charge in [-0.05, 0) is 32.0 Å². The molecule has 0 spiro atoms.